The minimum absolute atomic E-state index is 0.0735. The van der Waals surface area contributed by atoms with E-state index in [0.717, 1.165) is 106 Å². The van der Waals surface area contributed by atoms with Crippen LogP contribution in [0.4, 0.5) is 0 Å². The van der Waals surface area contributed by atoms with Crippen molar-refractivity contribution in [2.24, 2.45) is 0 Å². The van der Waals surface area contributed by atoms with E-state index in [0.29, 0.717) is 0 Å². The minimum atomic E-state index is 0.0735. The number of hydrogen-bond acceptors (Lipinski definition) is 4. The van der Waals surface area contributed by atoms with Crippen molar-refractivity contribution < 1.29 is 4.42 Å². The Labute approximate surface area is 327 Å². The standard InChI is InChI=1S/C51H33N5O/c1-2-10-35(11-3-1)55-44-21-17-32(29-41(44)50-46(55)15-8-26-53-50)33-19-23-48-39(28-33)40-31-36(20-24-49(40)57-48)56-45-22-18-34(30-42(45)51-47(56)16-9-27-54-51)37-12-4-5-13-38(37)43-14-6-7-25-52-43/h1-30,36H,31H2. The number of para-hydroxylation sites is 1. The molecule has 11 aromatic rings. The number of benzene rings is 5. The van der Waals surface area contributed by atoms with Crippen molar-refractivity contribution in [1.82, 2.24) is 24.1 Å². The van der Waals surface area contributed by atoms with E-state index in [4.69, 9.17) is 14.4 Å². The highest BCUT2D eigenvalue weighted by Crippen LogP contribution is 2.42. The van der Waals surface area contributed by atoms with Crippen LogP contribution < -0.4 is 0 Å². The van der Waals surface area contributed by atoms with Crippen LogP contribution in [0.5, 0.6) is 0 Å². The lowest BCUT2D eigenvalue weighted by atomic mass is 9.94. The number of fused-ring (bicyclic) bond motifs is 9. The van der Waals surface area contributed by atoms with Crippen LogP contribution >= 0.6 is 0 Å². The largest absolute Gasteiger partial charge is 0.456 e. The monoisotopic (exact) mass is 731 g/mol. The van der Waals surface area contributed by atoms with Crippen LogP contribution in [0.15, 0.2) is 181 Å². The van der Waals surface area contributed by atoms with Gasteiger partial charge in [0.2, 0.25) is 0 Å². The van der Waals surface area contributed by atoms with E-state index in [1.165, 1.54) is 5.56 Å². The fourth-order valence-electron chi connectivity index (χ4n) is 9.08. The van der Waals surface area contributed by atoms with E-state index in [1.54, 1.807) is 0 Å². The second-order valence-electron chi connectivity index (χ2n) is 14.8. The Kier molecular flexibility index (Phi) is 6.95. The molecular weight excluding hydrogens is 699 g/mol. The summed E-state index contributed by atoms with van der Waals surface area (Å²) in [6, 6.07) is 53.7. The van der Waals surface area contributed by atoms with Gasteiger partial charge >= 0.3 is 0 Å². The maximum absolute atomic E-state index is 6.49. The van der Waals surface area contributed by atoms with Gasteiger partial charge in [-0.1, -0.05) is 72.8 Å². The van der Waals surface area contributed by atoms with Crippen molar-refractivity contribution in [3.8, 4) is 39.2 Å². The molecule has 0 spiro atoms. The summed E-state index contributed by atoms with van der Waals surface area (Å²) in [6.07, 6.45) is 10.9. The Morgan fingerprint density at radius 1 is 0.509 bits per heavy atom. The third-order valence-corrected chi connectivity index (χ3v) is 11.6. The van der Waals surface area contributed by atoms with Gasteiger partial charge in [-0.2, -0.15) is 0 Å². The van der Waals surface area contributed by atoms with Gasteiger partial charge in [0.15, 0.2) is 0 Å². The first-order valence-electron chi connectivity index (χ1n) is 19.3. The number of nitrogens with zero attached hydrogens (tertiary/aromatic N) is 5. The molecule has 1 unspecified atom stereocenters. The first-order chi connectivity index (χ1) is 28.3. The third-order valence-electron chi connectivity index (χ3n) is 11.6. The molecule has 0 aliphatic heterocycles. The zero-order valence-electron chi connectivity index (χ0n) is 30.7. The molecule has 6 nitrogen and oxygen atoms in total. The maximum Gasteiger partial charge on any atom is 0.135 e. The summed E-state index contributed by atoms with van der Waals surface area (Å²) >= 11 is 0. The maximum atomic E-state index is 6.49. The number of aromatic nitrogens is 5. The summed E-state index contributed by atoms with van der Waals surface area (Å²) in [4.78, 5) is 14.5. The Morgan fingerprint density at radius 2 is 1.18 bits per heavy atom. The zero-order chi connectivity index (χ0) is 37.5. The van der Waals surface area contributed by atoms with Gasteiger partial charge in [0.25, 0.3) is 0 Å². The van der Waals surface area contributed by atoms with Gasteiger partial charge in [0.1, 0.15) is 11.3 Å². The van der Waals surface area contributed by atoms with Gasteiger partial charge in [0.05, 0.1) is 44.8 Å². The Hall–Kier alpha value is -7.57. The van der Waals surface area contributed by atoms with Crippen molar-refractivity contribution in [2.75, 3.05) is 0 Å². The normalized spacial score (nSPS) is 14.0. The molecule has 0 amide bonds. The highest BCUT2D eigenvalue weighted by Gasteiger charge is 2.26. The summed E-state index contributed by atoms with van der Waals surface area (Å²) in [6.45, 7) is 0. The van der Waals surface area contributed by atoms with Gasteiger partial charge in [-0.3, -0.25) is 15.0 Å². The van der Waals surface area contributed by atoms with Gasteiger partial charge in [-0.25, -0.2) is 0 Å². The zero-order valence-corrected chi connectivity index (χ0v) is 30.7. The second-order valence-corrected chi connectivity index (χ2v) is 14.8. The number of allylic oxidation sites excluding steroid dienone is 1. The van der Waals surface area contributed by atoms with Crippen LogP contribution in [-0.4, -0.2) is 24.1 Å². The van der Waals surface area contributed by atoms with E-state index >= 15 is 0 Å². The van der Waals surface area contributed by atoms with Crippen LogP contribution in [0.3, 0.4) is 0 Å². The molecule has 0 saturated heterocycles. The highest BCUT2D eigenvalue weighted by atomic mass is 16.3. The number of furan rings is 1. The molecule has 1 aliphatic rings. The molecule has 0 N–H and O–H groups in total. The molecule has 1 aliphatic carbocycles. The van der Waals surface area contributed by atoms with Crippen LogP contribution in [-0.2, 0) is 6.42 Å². The molecule has 0 saturated carbocycles. The van der Waals surface area contributed by atoms with Gasteiger partial charge < -0.3 is 13.6 Å². The van der Waals surface area contributed by atoms with Gasteiger partial charge in [0, 0.05) is 58.0 Å². The molecule has 5 aromatic carbocycles. The van der Waals surface area contributed by atoms with Crippen molar-refractivity contribution in [2.45, 2.75) is 12.5 Å². The molecule has 12 rings (SSSR count). The lowest BCUT2D eigenvalue weighted by Crippen LogP contribution is -2.12. The summed E-state index contributed by atoms with van der Waals surface area (Å²) in [5.41, 5.74) is 16.4. The summed E-state index contributed by atoms with van der Waals surface area (Å²) in [7, 11) is 0. The molecule has 6 heteroatoms. The molecular formula is C51H33N5O. The smallest absolute Gasteiger partial charge is 0.135 e. The lowest BCUT2D eigenvalue weighted by molar-refractivity contribution is 0.572. The van der Waals surface area contributed by atoms with Crippen molar-refractivity contribution in [1.29, 1.82) is 0 Å². The summed E-state index contributed by atoms with van der Waals surface area (Å²) < 4.78 is 11.2. The van der Waals surface area contributed by atoms with E-state index in [1.807, 2.05) is 42.9 Å². The first kappa shape index (κ1) is 31.7. The quantitative estimate of drug-likeness (QED) is 0.177. The fraction of sp³-hybridized carbons (Fsp3) is 0.0392. The minimum Gasteiger partial charge on any atom is -0.456 e. The lowest BCUT2D eigenvalue weighted by Gasteiger charge is -2.21. The third kappa shape index (κ3) is 4.94. The molecule has 0 fully saturated rings. The summed E-state index contributed by atoms with van der Waals surface area (Å²) in [5, 5.41) is 3.41. The van der Waals surface area contributed by atoms with Crippen molar-refractivity contribution in [3.05, 3.63) is 188 Å². The van der Waals surface area contributed by atoms with E-state index in [-0.39, 0.29) is 6.04 Å². The molecule has 0 radical (unpaired) electrons. The molecule has 0 bridgehead atoms. The summed E-state index contributed by atoms with van der Waals surface area (Å²) in [5.74, 6) is 0.927. The molecule has 1 atom stereocenters. The fourth-order valence-corrected chi connectivity index (χ4v) is 9.08. The van der Waals surface area contributed by atoms with E-state index in [2.05, 4.69) is 154 Å². The van der Waals surface area contributed by atoms with E-state index in [9.17, 15) is 0 Å². The Bertz CT molecular complexity index is 3390. The van der Waals surface area contributed by atoms with E-state index < -0.39 is 0 Å². The molecule has 268 valence electrons. The van der Waals surface area contributed by atoms with Gasteiger partial charge in [-0.15, -0.1) is 0 Å². The Morgan fingerprint density at radius 3 is 2.02 bits per heavy atom. The Balaban J connectivity index is 0.947. The van der Waals surface area contributed by atoms with Crippen LogP contribution in [0.2, 0.25) is 0 Å². The predicted molar refractivity (Wildman–Crippen MR) is 231 cm³/mol. The molecule has 6 heterocycles. The highest BCUT2D eigenvalue weighted by molar-refractivity contribution is 6.09. The van der Waals surface area contributed by atoms with Crippen LogP contribution in [0, 0.1) is 0 Å². The van der Waals surface area contributed by atoms with Crippen LogP contribution in [0.1, 0.15) is 17.4 Å². The van der Waals surface area contributed by atoms with Crippen molar-refractivity contribution in [3.63, 3.8) is 0 Å². The number of rotatable bonds is 5. The average molecular weight is 732 g/mol. The number of pyridine rings is 3. The predicted octanol–water partition coefficient (Wildman–Crippen LogP) is 12.6. The second kappa shape index (κ2) is 12.5. The molecule has 57 heavy (non-hydrogen) atoms. The van der Waals surface area contributed by atoms with Crippen LogP contribution in [0.25, 0.3) is 100 Å². The average Bonchev–Trinajstić information content (AvgIpc) is 3.93. The number of hydrogen-bond donors (Lipinski definition) is 0. The molecule has 6 aromatic heterocycles. The first-order valence-corrected chi connectivity index (χ1v) is 19.3. The van der Waals surface area contributed by atoms with Gasteiger partial charge in [-0.05, 0) is 113 Å². The SMILES string of the molecule is C1=CC(n2c3ccc(-c4ccccc4-c4ccccn4)cc3c3ncccc32)Cc2c1oc1ccc(-c3ccc4c(c3)c3ncccc3n4-c3ccccc3)cc21. The topological polar surface area (TPSA) is 61.7 Å². The van der Waals surface area contributed by atoms with Crippen molar-refractivity contribution >= 4 is 60.9 Å².